The summed E-state index contributed by atoms with van der Waals surface area (Å²) in [6, 6.07) is 5.25. The molecule has 1 saturated heterocycles. The standard InChI is InChI=1S/C19H24N4O4/c1-11-18(12(2)22(3)21-11)20-19(25)13-8-17(24)23(10-13)15-7-6-14(26-4)9-16(15)27-5/h6-7,9,13H,8,10H2,1-5H3,(H,20,25). The molecule has 0 spiro atoms. The van der Waals surface area contributed by atoms with Crippen LogP contribution in [-0.4, -0.2) is 42.4 Å². The summed E-state index contributed by atoms with van der Waals surface area (Å²) in [5.41, 5.74) is 2.96. The van der Waals surface area contributed by atoms with Gasteiger partial charge in [-0.05, 0) is 26.0 Å². The average Bonchev–Trinajstić information content (AvgIpc) is 3.15. The van der Waals surface area contributed by atoms with Crippen LogP contribution in [0.2, 0.25) is 0 Å². The number of aryl methyl sites for hydroxylation is 2. The summed E-state index contributed by atoms with van der Waals surface area (Å²) in [5, 5.41) is 7.23. The van der Waals surface area contributed by atoms with Gasteiger partial charge in [-0.2, -0.15) is 5.10 Å². The van der Waals surface area contributed by atoms with E-state index in [9.17, 15) is 9.59 Å². The van der Waals surface area contributed by atoms with Crippen molar-refractivity contribution >= 4 is 23.2 Å². The first-order chi connectivity index (χ1) is 12.8. The third-order valence-corrected chi connectivity index (χ3v) is 4.93. The number of nitrogens with one attached hydrogen (secondary N) is 1. The van der Waals surface area contributed by atoms with E-state index in [0.29, 0.717) is 29.4 Å². The van der Waals surface area contributed by atoms with E-state index in [0.717, 1.165) is 11.4 Å². The number of amides is 2. The molecule has 2 amide bonds. The number of carbonyl (C=O) groups is 2. The van der Waals surface area contributed by atoms with Crippen molar-refractivity contribution in [3.8, 4) is 11.5 Å². The quantitative estimate of drug-likeness (QED) is 0.868. The Balaban J connectivity index is 1.78. The van der Waals surface area contributed by atoms with Crippen molar-refractivity contribution in [3.05, 3.63) is 29.6 Å². The van der Waals surface area contributed by atoms with Crippen LogP contribution >= 0.6 is 0 Å². The van der Waals surface area contributed by atoms with Gasteiger partial charge < -0.3 is 19.7 Å². The molecule has 2 aromatic rings. The van der Waals surface area contributed by atoms with E-state index < -0.39 is 5.92 Å². The van der Waals surface area contributed by atoms with Crippen LogP contribution in [0.25, 0.3) is 0 Å². The van der Waals surface area contributed by atoms with Gasteiger partial charge in [-0.3, -0.25) is 14.3 Å². The number of methoxy groups -OCH3 is 2. The van der Waals surface area contributed by atoms with Crippen LogP contribution < -0.4 is 19.7 Å². The molecule has 1 aromatic heterocycles. The lowest BCUT2D eigenvalue weighted by Crippen LogP contribution is -2.28. The van der Waals surface area contributed by atoms with E-state index in [1.165, 1.54) is 7.11 Å². The molecule has 1 N–H and O–H groups in total. The van der Waals surface area contributed by atoms with E-state index in [-0.39, 0.29) is 18.2 Å². The predicted octanol–water partition coefficient (Wildman–Crippen LogP) is 2.05. The SMILES string of the molecule is COc1ccc(N2CC(C(=O)Nc3c(C)nn(C)c3C)CC2=O)c(OC)c1. The number of anilines is 2. The van der Waals surface area contributed by atoms with Crippen molar-refractivity contribution in [2.24, 2.45) is 13.0 Å². The summed E-state index contributed by atoms with van der Waals surface area (Å²) in [6.07, 6.45) is 0.152. The highest BCUT2D eigenvalue weighted by atomic mass is 16.5. The van der Waals surface area contributed by atoms with Crippen LogP contribution in [0.15, 0.2) is 18.2 Å². The Morgan fingerprint density at radius 2 is 2.00 bits per heavy atom. The maximum Gasteiger partial charge on any atom is 0.229 e. The molecule has 1 unspecified atom stereocenters. The first kappa shape index (κ1) is 18.8. The normalized spacial score (nSPS) is 16.6. The van der Waals surface area contributed by atoms with Crippen molar-refractivity contribution in [1.82, 2.24) is 9.78 Å². The first-order valence-electron chi connectivity index (χ1n) is 8.69. The van der Waals surface area contributed by atoms with Crippen LogP contribution in [-0.2, 0) is 16.6 Å². The molecule has 8 heteroatoms. The van der Waals surface area contributed by atoms with Gasteiger partial charge in [0.15, 0.2) is 0 Å². The van der Waals surface area contributed by atoms with Gasteiger partial charge in [-0.1, -0.05) is 0 Å². The molecule has 0 bridgehead atoms. The molecule has 1 aliphatic rings. The van der Waals surface area contributed by atoms with Crippen LogP contribution in [0.5, 0.6) is 11.5 Å². The molecule has 1 atom stereocenters. The van der Waals surface area contributed by atoms with Crippen molar-refractivity contribution in [2.75, 3.05) is 31.0 Å². The topological polar surface area (TPSA) is 85.7 Å². The molecule has 0 aliphatic carbocycles. The number of rotatable bonds is 5. The fraction of sp³-hybridized carbons (Fsp3) is 0.421. The van der Waals surface area contributed by atoms with Crippen molar-refractivity contribution < 1.29 is 19.1 Å². The number of ether oxygens (including phenoxy) is 2. The summed E-state index contributed by atoms with van der Waals surface area (Å²) in [6.45, 7) is 4.03. The summed E-state index contributed by atoms with van der Waals surface area (Å²) in [5.74, 6) is 0.431. The fourth-order valence-electron chi connectivity index (χ4n) is 3.30. The Morgan fingerprint density at radius 3 is 2.59 bits per heavy atom. The van der Waals surface area contributed by atoms with Gasteiger partial charge in [0.25, 0.3) is 0 Å². The Kier molecular flexibility index (Phi) is 5.07. The monoisotopic (exact) mass is 372 g/mol. The summed E-state index contributed by atoms with van der Waals surface area (Å²) < 4.78 is 12.3. The molecule has 1 aromatic carbocycles. The minimum Gasteiger partial charge on any atom is -0.497 e. The second-order valence-electron chi connectivity index (χ2n) is 6.60. The van der Waals surface area contributed by atoms with Gasteiger partial charge in [-0.25, -0.2) is 0 Å². The molecule has 1 fully saturated rings. The molecular weight excluding hydrogens is 348 g/mol. The van der Waals surface area contributed by atoms with E-state index in [2.05, 4.69) is 10.4 Å². The predicted molar refractivity (Wildman–Crippen MR) is 101 cm³/mol. The highest BCUT2D eigenvalue weighted by Gasteiger charge is 2.36. The highest BCUT2D eigenvalue weighted by Crippen LogP contribution is 2.36. The second kappa shape index (κ2) is 7.30. The molecule has 3 rings (SSSR count). The third-order valence-electron chi connectivity index (χ3n) is 4.93. The number of hydrogen-bond acceptors (Lipinski definition) is 5. The third kappa shape index (κ3) is 3.47. The summed E-state index contributed by atoms with van der Waals surface area (Å²) in [7, 11) is 4.93. The lowest BCUT2D eigenvalue weighted by atomic mass is 10.1. The van der Waals surface area contributed by atoms with Gasteiger partial charge in [0.2, 0.25) is 11.8 Å². The number of benzene rings is 1. The van der Waals surface area contributed by atoms with Crippen LogP contribution in [0, 0.1) is 19.8 Å². The first-order valence-corrected chi connectivity index (χ1v) is 8.69. The van der Waals surface area contributed by atoms with Gasteiger partial charge in [-0.15, -0.1) is 0 Å². The Morgan fingerprint density at radius 1 is 1.26 bits per heavy atom. The number of hydrogen-bond donors (Lipinski definition) is 1. The molecule has 0 saturated carbocycles. The average molecular weight is 372 g/mol. The zero-order valence-electron chi connectivity index (χ0n) is 16.2. The summed E-state index contributed by atoms with van der Waals surface area (Å²) >= 11 is 0. The molecular formula is C19H24N4O4. The maximum absolute atomic E-state index is 12.7. The second-order valence-corrected chi connectivity index (χ2v) is 6.60. The van der Waals surface area contributed by atoms with Gasteiger partial charge in [0.1, 0.15) is 11.5 Å². The molecule has 0 radical (unpaired) electrons. The van der Waals surface area contributed by atoms with E-state index in [1.807, 2.05) is 20.9 Å². The lowest BCUT2D eigenvalue weighted by Gasteiger charge is -2.20. The molecule has 144 valence electrons. The Labute approximate surface area is 158 Å². The maximum atomic E-state index is 12.7. The van der Waals surface area contributed by atoms with Crippen LogP contribution in [0.3, 0.4) is 0 Å². The van der Waals surface area contributed by atoms with Crippen molar-refractivity contribution in [2.45, 2.75) is 20.3 Å². The van der Waals surface area contributed by atoms with Crippen LogP contribution in [0.4, 0.5) is 11.4 Å². The van der Waals surface area contributed by atoms with Gasteiger partial charge >= 0.3 is 0 Å². The van der Waals surface area contributed by atoms with Gasteiger partial charge in [0.05, 0.1) is 42.9 Å². The zero-order chi connectivity index (χ0) is 19.7. The molecule has 2 heterocycles. The highest BCUT2D eigenvalue weighted by molar-refractivity contribution is 6.04. The lowest BCUT2D eigenvalue weighted by molar-refractivity contribution is -0.122. The largest absolute Gasteiger partial charge is 0.497 e. The minimum atomic E-state index is -0.441. The van der Waals surface area contributed by atoms with E-state index in [1.54, 1.807) is 34.9 Å². The fourth-order valence-corrected chi connectivity index (χ4v) is 3.30. The van der Waals surface area contributed by atoms with Crippen molar-refractivity contribution in [3.63, 3.8) is 0 Å². The Hall–Kier alpha value is -3.03. The number of aromatic nitrogens is 2. The minimum absolute atomic E-state index is 0.113. The molecule has 8 nitrogen and oxygen atoms in total. The molecule has 1 aliphatic heterocycles. The Bertz CT molecular complexity index is 890. The van der Waals surface area contributed by atoms with E-state index in [4.69, 9.17) is 9.47 Å². The zero-order valence-corrected chi connectivity index (χ0v) is 16.2. The van der Waals surface area contributed by atoms with Gasteiger partial charge in [0, 0.05) is 26.1 Å². The summed E-state index contributed by atoms with van der Waals surface area (Å²) in [4.78, 5) is 26.9. The molecule has 27 heavy (non-hydrogen) atoms. The van der Waals surface area contributed by atoms with Crippen LogP contribution in [0.1, 0.15) is 17.8 Å². The number of nitrogens with zero attached hydrogens (tertiary/aromatic N) is 3. The van der Waals surface area contributed by atoms with E-state index >= 15 is 0 Å². The smallest absolute Gasteiger partial charge is 0.229 e. The van der Waals surface area contributed by atoms with Crippen molar-refractivity contribution in [1.29, 1.82) is 0 Å². The number of carbonyl (C=O) groups excluding carboxylic acids is 2.